The Morgan fingerprint density at radius 1 is 0.127 bits per heavy atom. The minimum atomic E-state index is 0.873. The standard InChI is InChI=1S/C58H36O2.C56H34O2/c1-5-17-37(18-6-1)55-51-33-41(29-31-53(51)59-57(55)39-21-9-3-10-22-39)47-35-49-46-28-16-14-26-44(46)48(36-50(49)45-27-15-13-25-43(45)47)42-30-32-54-52(34-42)56(38-19-7-2-8-20-38)58(60-54)40-23-11-4-12-24-40;1-5-13-35(14-6-1)53-47-33-41(25-31-49(47)57-55(53)39-17-9-3-10-18-39)43-27-21-37-24-30-46-44(28-22-38-23-29-45(43)51(37)52(38)46)42-26-32-50-48(34-42)54(36-15-7-2-8-16-36)56(58-50)40-19-11-4-12-20-40/h1-36H;1-34H. The second-order valence-corrected chi connectivity index (χ2v) is 30.7. The summed E-state index contributed by atoms with van der Waals surface area (Å²) in [6.45, 7) is 0. The van der Waals surface area contributed by atoms with E-state index in [4.69, 9.17) is 17.7 Å². The lowest BCUT2D eigenvalue weighted by atomic mass is 9.86. The van der Waals surface area contributed by atoms with E-state index in [1.165, 1.54) is 86.9 Å². The second-order valence-electron chi connectivity index (χ2n) is 30.7. The molecule has 24 rings (SSSR count). The molecule has 20 aromatic carbocycles. The highest BCUT2D eigenvalue weighted by Crippen LogP contribution is 2.52. The van der Waals surface area contributed by atoms with Crippen LogP contribution in [0.25, 0.3) is 243 Å². The lowest BCUT2D eigenvalue weighted by Crippen LogP contribution is -1.89. The molecule has 0 amide bonds. The summed E-state index contributed by atoms with van der Waals surface area (Å²) in [6.07, 6.45) is 0. The van der Waals surface area contributed by atoms with Gasteiger partial charge in [0.15, 0.2) is 0 Å². The van der Waals surface area contributed by atoms with Crippen LogP contribution in [0.5, 0.6) is 0 Å². The summed E-state index contributed by atoms with van der Waals surface area (Å²) in [5.74, 6) is 3.55. The molecule has 0 aliphatic heterocycles. The average Bonchev–Trinajstić information content (AvgIpc) is 0.929. The second kappa shape index (κ2) is 28.2. The smallest absolute Gasteiger partial charge is 0.143 e. The molecule has 0 aliphatic carbocycles. The monoisotopic (exact) mass is 1500 g/mol. The van der Waals surface area contributed by atoms with Crippen LogP contribution in [0.4, 0.5) is 0 Å². The van der Waals surface area contributed by atoms with Gasteiger partial charge >= 0.3 is 0 Å². The van der Waals surface area contributed by atoms with Gasteiger partial charge in [-0.2, -0.15) is 0 Å². The first kappa shape index (κ1) is 68.0. The minimum absolute atomic E-state index is 0.873. The van der Waals surface area contributed by atoms with E-state index in [9.17, 15) is 0 Å². The van der Waals surface area contributed by atoms with Gasteiger partial charge in [0.2, 0.25) is 0 Å². The number of fused-ring (bicyclic) bond motifs is 9. The van der Waals surface area contributed by atoms with Crippen molar-refractivity contribution in [2.24, 2.45) is 0 Å². The van der Waals surface area contributed by atoms with Gasteiger partial charge in [-0.15, -0.1) is 0 Å². The number of benzene rings is 20. The van der Waals surface area contributed by atoms with Crippen molar-refractivity contribution >= 4 is 109 Å². The molecule has 550 valence electrons. The Labute approximate surface area is 680 Å². The Hall–Kier alpha value is -15.6. The molecule has 0 atom stereocenters. The zero-order valence-electron chi connectivity index (χ0n) is 64.0. The summed E-state index contributed by atoms with van der Waals surface area (Å²) < 4.78 is 26.6. The van der Waals surface area contributed by atoms with E-state index in [0.29, 0.717) is 0 Å². The van der Waals surface area contributed by atoms with Crippen molar-refractivity contribution in [3.05, 3.63) is 425 Å². The zero-order chi connectivity index (χ0) is 77.7. The van der Waals surface area contributed by atoms with Gasteiger partial charge in [0.05, 0.1) is 0 Å². The Balaban J connectivity index is 0.000000138. The molecule has 118 heavy (non-hydrogen) atoms. The molecule has 0 fully saturated rings. The molecular weight excluding hydrogens is 1430 g/mol. The van der Waals surface area contributed by atoms with Crippen molar-refractivity contribution in [3.8, 4) is 134 Å². The summed E-state index contributed by atoms with van der Waals surface area (Å²) in [6, 6.07) is 152. The van der Waals surface area contributed by atoms with Gasteiger partial charge in [0, 0.05) is 66.1 Å². The third kappa shape index (κ3) is 11.4. The maximum Gasteiger partial charge on any atom is 0.143 e. The fourth-order valence-electron chi connectivity index (χ4n) is 18.5. The number of hydrogen-bond donors (Lipinski definition) is 0. The first-order valence-electron chi connectivity index (χ1n) is 40.3. The zero-order valence-corrected chi connectivity index (χ0v) is 64.0. The topological polar surface area (TPSA) is 52.6 Å². The van der Waals surface area contributed by atoms with E-state index >= 15 is 0 Å². The van der Waals surface area contributed by atoms with Gasteiger partial charge in [-0.25, -0.2) is 0 Å². The molecular formula is C114H70O4. The fourth-order valence-corrected chi connectivity index (χ4v) is 18.5. The third-order valence-electron chi connectivity index (χ3n) is 23.9. The van der Waals surface area contributed by atoms with Gasteiger partial charge in [0.25, 0.3) is 0 Å². The molecule has 4 nitrogen and oxygen atoms in total. The molecule has 4 aromatic heterocycles. The van der Waals surface area contributed by atoms with Gasteiger partial charge in [0.1, 0.15) is 45.4 Å². The molecule has 0 aliphatic rings. The van der Waals surface area contributed by atoms with Gasteiger partial charge in [-0.3, -0.25) is 0 Å². The lowest BCUT2D eigenvalue weighted by Gasteiger charge is -2.17. The highest BCUT2D eigenvalue weighted by molar-refractivity contribution is 6.29. The Morgan fingerprint density at radius 3 is 0.627 bits per heavy atom. The highest BCUT2D eigenvalue weighted by Gasteiger charge is 2.26. The molecule has 0 radical (unpaired) electrons. The van der Waals surface area contributed by atoms with Crippen molar-refractivity contribution in [2.45, 2.75) is 0 Å². The summed E-state index contributed by atoms with van der Waals surface area (Å²) in [4.78, 5) is 0. The van der Waals surface area contributed by atoms with Crippen LogP contribution < -0.4 is 0 Å². The Bertz CT molecular complexity index is 7500. The first-order valence-corrected chi connectivity index (χ1v) is 40.3. The van der Waals surface area contributed by atoms with Crippen LogP contribution in [0.3, 0.4) is 0 Å². The average molecular weight is 1500 g/mol. The number of furan rings is 4. The summed E-state index contributed by atoms with van der Waals surface area (Å²) in [7, 11) is 0. The van der Waals surface area contributed by atoms with Crippen LogP contribution in [0.2, 0.25) is 0 Å². The van der Waals surface area contributed by atoms with E-state index < -0.39 is 0 Å². The van der Waals surface area contributed by atoms with Crippen LogP contribution >= 0.6 is 0 Å². The molecule has 0 spiro atoms. The van der Waals surface area contributed by atoms with Crippen molar-refractivity contribution in [3.63, 3.8) is 0 Å². The SMILES string of the molecule is c1ccc(-c2oc3ccc(-c4cc5c6ccccc6c(-c6ccc7oc(-c8ccccc8)c(-c8ccccc8)c7c6)cc5c5ccccc45)cc3c2-c2ccccc2)cc1.c1ccc(-c2oc3ccc(-c4ccc5ccc6c(-c7ccc8oc(-c9ccccc9)c(-c9ccccc9)c8c7)ccc7ccc4c5c76)cc3c2-c2ccccc2)cc1. The maximum atomic E-state index is 6.68. The quantitative estimate of drug-likeness (QED) is 0.114. The van der Waals surface area contributed by atoms with Crippen LogP contribution in [0.1, 0.15) is 0 Å². The normalized spacial score (nSPS) is 11.7. The van der Waals surface area contributed by atoms with Gasteiger partial charge in [-0.1, -0.05) is 364 Å². The predicted octanol–water partition coefficient (Wildman–Crippen LogP) is 32.7. The van der Waals surface area contributed by atoms with Crippen molar-refractivity contribution < 1.29 is 17.7 Å². The highest BCUT2D eigenvalue weighted by atomic mass is 16.3. The van der Waals surface area contributed by atoms with Crippen LogP contribution in [-0.4, -0.2) is 0 Å². The summed E-state index contributed by atoms with van der Waals surface area (Å²) in [5, 5.41) is 19.3. The largest absolute Gasteiger partial charge is 0.455 e. The van der Waals surface area contributed by atoms with Crippen LogP contribution in [0.15, 0.2) is 442 Å². The van der Waals surface area contributed by atoms with E-state index in [0.717, 1.165) is 156 Å². The maximum absolute atomic E-state index is 6.68. The van der Waals surface area contributed by atoms with Crippen LogP contribution in [-0.2, 0) is 0 Å². The van der Waals surface area contributed by atoms with Crippen LogP contribution in [0, 0.1) is 0 Å². The van der Waals surface area contributed by atoms with Gasteiger partial charge < -0.3 is 17.7 Å². The van der Waals surface area contributed by atoms with E-state index in [2.05, 4.69) is 400 Å². The van der Waals surface area contributed by atoms with E-state index in [-0.39, 0.29) is 0 Å². The lowest BCUT2D eigenvalue weighted by molar-refractivity contribution is 0.632. The molecule has 24 aromatic rings. The first-order chi connectivity index (χ1) is 58.5. The Kier molecular flexibility index (Phi) is 16.2. The number of rotatable bonds is 12. The molecule has 0 N–H and O–H groups in total. The van der Waals surface area contributed by atoms with Gasteiger partial charge in [-0.05, 0) is 192 Å². The Morgan fingerprint density at radius 2 is 0.356 bits per heavy atom. The van der Waals surface area contributed by atoms with Crippen molar-refractivity contribution in [2.75, 3.05) is 0 Å². The van der Waals surface area contributed by atoms with Crippen molar-refractivity contribution in [1.29, 1.82) is 0 Å². The molecule has 4 heterocycles. The number of hydrogen-bond acceptors (Lipinski definition) is 4. The molecule has 4 heteroatoms. The summed E-state index contributed by atoms with van der Waals surface area (Å²) >= 11 is 0. The third-order valence-corrected chi connectivity index (χ3v) is 23.9. The fraction of sp³-hybridized carbons (Fsp3) is 0. The van der Waals surface area contributed by atoms with Crippen molar-refractivity contribution in [1.82, 2.24) is 0 Å². The van der Waals surface area contributed by atoms with E-state index in [1.54, 1.807) is 0 Å². The molecule has 0 bridgehead atoms. The van der Waals surface area contributed by atoms with E-state index in [1.807, 2.05) is 24.3 Å². The predicted molar refractivity (Wildman–Crippen MR) is 493 cm³/mol. The summed E-state index contributed by atoms with van der Waals surface area (Å²) in [5.41, 5.74) is 26.2. The molecule has 0 saturated carbocycles. The molecule has 0 saturated heterocycles. The minimum Gasteiger partial charge on any atom is -0.455 e. The molecule has 0 unspecified atom stereocenters.